The quantitative estimate of drug-likeness (QED) is 0.454. The number of halogens is 1. The van der Waals surface area contributed by atoms with E-state index in [1.165, 1.54) is 0 Å². The molecule has 10 heavy (non-hydrogen) atoms. The average Bonchev–Trinajstić information content (AvgIpc) is 1.85. The Hall–Kier alpha value is -0.450. The van der Waals surface area contributed by atoms with Gasteiger partial charge >= 0.3 is 0 Å². The molecule has 0 aliphatic carbocycles. The third-order valence-electron chi connectivity index (χ3n) is 0.805. The van der Waals surface area contributed by atoms with Crippen LogP contribution in [0.25, 0.3) is 0 Å². The van der Waals surface area contributed by atoms with Crippen molar-refractivity contribution in [1.29, 1.82) is 0 Å². The number of rotatable bonds is 1. The van der Waals surface area contributed by atoms with E-state index in [0.29, 0.717) is 0 Å². The predicted molar refractivity (Wildman–Crippen MR) is 43.9 cm³/mol. The average molecular weight is 159 g/mol. The van der Waals surface area contributed by atoms with Crippen molar-refractivity contribution in [2.75, 3.05) is 5.88 Å². The minimum Gasteiger partial charge on any atom is -0.377 e. The van der Waals surface area contributed by atoms with Crippen LogP contribution < -0.4 is 0 Å². The highest BCUT2D eigenvalue weighted by Gasteiger charge is 2.13. The van der Waals surface area contributed by atoms with Crippen molar-refractivity contribution in [3.05, 3.63) is 12.2 Å². The normalized spacial score (nSPS) is 14.8. The number of hydrogen-bond acceptors (Lipinski definition) is 1. The SMILES string of the molecule is C=C(C)C#CC(C)(O)CCl. The number of alkyl halides is 1. The Balaban J connectivity index is 4.15. The molecule has 0 aliphatic rings. The summed E-state index contributed by atoms with van der Waals surface area (Å²) in [6, 6.07) is 0. The van der Waals surface area contributed by atoms with E-state index in [9.17, 15) is 5.11 Å². The lowest BCUT2D eigenvalue weighted by Gasteiger charge is -2.10. The largest absolute Gasteiger partial charge is 0.377 e. The number of allylic oxidation sites excluding steroid dienone is 1. The van der Waals surface area contributed by atoms with Crippen LogP contribution in [-0.4, -0.2) is 16.6 Å². The van der Waals surface area contributed by atoms with Crippen molar-refractivity contribution in [3.8, 4) is 11.8 Å². The molecule has 1 nitrogen and oxygen atoms in total. The molecule has 0 aromatic carbocycles. The summed E-state index contributed by atoms with van der Waals surface area (Å²) >= 11 is 5.39. The highest BCUT2D eigenvalue weighted by molar-refractivity contribution is 6.18. The maximum Gasteiger partial charge on any atom is 0.136 e. The Morgan fingerprint density at radius 2 is 2.30 bits per heavy atom. The molecule has 1 N–H and O–H groups in total. The fourth-order valence-electron chi connectivity index (χ4n) is 0.275. The predicted octanol–water partition coefficient (Wildman–Crippen LogP) is 1.56. The van der Waals surface area contributed by atoms with Crippen molar-refractivity contribution in [2.45, 2.75) is 19.4 Å². The Labute approximate surface area is 66.7 Å². The summed E-state index contributed by atoms with van der Waals surface area (Å²) < 4.78 is 0. The Morgan fingerprint density at radius 1 is 1.80 bits per heavy atom. The van der Waals surface area contributed by atoms with Crippen molar-refractivity contribution in [3.63, 3.8) is 0 Å². The van der Waals surface area contributed by atoms with Crippen LogP contribution in [0.3, 0.4) is 0 Å². The molecule has 0 fully saturated rings. The van der Waals surface area contributed by atoms with Crippen molar-refractivity contribution >= 4 is 11.6 Å². The Morgan fingerprint density at radius 3 is 2.60 bits per heavy atom. The van der Waals surface area contributed by atoms with Crippen LogP contribution in [0, 0.1) is 11.8 Å². The fourth-order valence-corrected chi connectivity index (χ4v) is 0.342. The summed E-state index contributed by atoms with van der Waals surface area (Å²) in [5, 5.41) is 9.23. The van der Waals surface area contributed by atoms with Gasteiger partial charge < -0.3 is 5.11 Å². The van der Waals surface area contributed by atoms with Gasteiger partial charge in [-0.3, -0.25) is 0 Å². The maximum atomic E-state index is 9.23. The van der Waals surface area contributed by atoms with E-state index in [-0.39, 0.29) is 5.88 Å². The summed E-state index contributed by atoms with van der Waals surface area (Å²) in [6.45, 7) is 6.91. The molecule has 0 aromatic heterocycles. The van der Waals surface area contributed by atoms with Gasteiger partial charge in [0.05, 0.1) is 5.88 Å². The van der Waals surface area contributed by atoms with Gasteiger partial charge in [0.25, 0.3) is 0 Å². The standard InChI is InChI=1S/C8H11ClO/c1-7(2)4-5-8(3,10)6-9/h10H,1,6H2,2-3H3. The summed E-state index contributed by atoms with van der Waals surface area (Å²) in [4.78, 5) is 0. The Kier molecular flexibility index (Phi) is 3.49. The molecule has 0 bridgehead atoms. The zero-order valence-corrected chi connectivity index (χ0v) is 7.00. The first kappa shape index (κ1) is 9.55. The van der Waals surface area contributed by atoms with Gasteiger partial charge in [0, 0.05) is 0 Å². The topological polar surface area (TPSA) is 20.2 Å². The van der Waals surface area contributed by atoms with E-state index in [1.807, 2.05) is 0 Å². The summed E-state index contributed by atoms with van der Waals surface area (Å²) in [7, 11) is 0. The van der Waals surface area contributed by atoms with E-state index >= 15 is 0 Å². The number of hydrogen-bond donors (Lipinski definition) is 1. The van der Waals surface area contributed by atoms with Crippen LogP contribution in [-0.2, 0) is 0 Å². The molecular weight excluding hydrogens is 148 g/mol. The van der Waals surface area contributed by atoms with Crippen LogP contribution in [0.4, 0.5) is 0 Å². The van der Waals surface area contributed by atoms with Crippen LogP contribution in [0.5, 0.6) is 0 Å². The van der Waals surface area contributed by atoms with Crippen molar-refractivity contribution < 1.29 is 5.11 Å². The molecule has 1 atom stereocenters. The van der Waals surface area contributed by atoms with Crippen LogP contribution in [0.15, 0.2) is 12.2 Å². The Bertz CT molecular complexity index is 183. The van der Waals surface area contributed by atoms with Gasteiger partial charge in [-0.05, 0) is 19.4 Å². The molecule has 0 aromatic rings. The smallest absolute Gasteiger partial charge is 0.136 e. The molecular formula is C8H11ClO. The maximum absolute atomic E-state index is 9.23. The lowest BCUT2D eigenvalue weighted by Crippen LogP contribution is -2.23. The van der Waals surface area contributed by atoms with E-state index in [4.69, 9.17) is 11.6 Å². The third-order valence-corrected chi connectivity index (χ3v) is 1.33. The van der Waals surface area contributed by atoms with Gasteiger partial charge in [-0.15, -0.1) is 11.6 Å². The zero-order valence-electron chi connectivity index (χ0n) is 6.24. The first-order valence-electron chi connectivity index (χ1n) is 2.95. The van der Waals surface area contributed by atoms with E-state index in [2.05, 4.69) is 18.4 Å². The fraction of sp³-hybridized carbons (Fsp3) is 0.500. The second-order valence-electron chi connectivity index (χ2n) is 2.44. The molecule has 2 heteroatoms. The van der Waals surface area contributed by atoms with Crippen LogP contribution >= 0.6 is 11.6 Å². The van der Waals surface area contributed by atoms with Gasteiger partial charge in [0.1, 0.15) is 5.60 Å². The monoisotopic (exact) mass is 158 g/mol. The second kappa shape index (κ2) is 3.65. The molecule has 0 rings (SSSR count). The molecule has 0 spiro atoms. The van der Waals surface area contributed by atoms with Gasteiger partial charge in [0.2, 0.25) is 0 Å². The zero-order chi connectivity index (χ0) is 8.20. The molecule has 1 unspecified atom stereocenters. The van der Waals surface area contributed by atoms with E-state index in [1.54, 1.807) is 13.8 Å². The molecule has 0 heterocycles. The van der Waals surface area contributed by atoms with Gasteiger partial charge in [-0.1, -0.05) is 18.4 Å². The van der Waals surface area contributed by atoms with E-state index in [0.717, 1.165) is 5.57 Å². The molecule has 0 radical (unpaired) electrons. The summed E-state index contributed by atoms with van der Waals surface area (Å²) in [5.41, 5.74) is -0.356. The third kappa shape index (κ3) is 4.43. The highest BCUT2D eigenvalue weighted by Crippen LogP contribution is 2.03. The second-order valence-corrected chi connectivity index (χ2v) is 2.71. The molecule has 56 valence electrons. The van der Waals surface area contributed by atoms with Crippen molar-refractivity contribution in [1.82, 2.24) is 0 Å². The summed E-state index contributed by atoms with van der Waals surface area (Å²) in [6.07, 6.45) is 0. The first-order valence-corrected chi connectivity index (χ1v) is 3.48. The van der Waals surface area contributed by atoms with Gasteiger partial charge in [-0.2, -0.15) is 0 Å². The highest BCUT2D eigenvalue weighted by atomic mass is 35.5. The first-order chi connectivity index (χ1) is 4.48. The lowest BCUT2D eigenvalue weighted by atomic mass is 10.1. The lowest BCUT2D eigenvalue weighted by molar-refractivity contribution is 0.147. The van der Waals surface area contributed by atoms with Crippen LogP contribution in [0.2, 0.25) is 0 Å². The van der Waals surface area contributed by atoms with Gasteiger partial charge in [-0.25, -0.2) is 0 Å². The minimum atomic E-state index is -1.08. The number of aliphatic hydroxyl groups is 1. The van der Waals surface area contributed by atoms with Crippen LogP contribution in [0.1, 0.15) is 13.8 Å². The molecule has 0 saturated carbocycles. The van der Waals surface area contributed by atoms with Crippen molar-refractivity contribution in [2.24, 2.45) is 0 Å². The minimum absolute atomic E-state index is 0.118. The summed E-state index contributed by atoms with van der Waals surface area (Å²) in [5.74, 6) is 5.36. The molecule has 0 aliphatic heterocycles. The van der Waals surface area contributed by atoms with E-state index < -0.39 is 5.60 Å². The molecule has 0 amide bonds. The molecule has 0 saturated heterocycles. The van der Waals surface area contributed by atoms with Gasteiger partial charge in [0.15, 0.2) is 0 Å².